The van der Waals surface area contributed by atoms with Gasteiger partial charge in [-0.25, -0.2) is 0 Å². The van der Waals surface area contributed by atoms with E-state index in [0.29, 0.717) is 6.42 Å². The molecule has 0 heterocycles. The summed E-state index contributed by atoms with van der Waals surface area (Å²) in [5.41, 5.74) is 0. The number of unbranched alkanes of at least 4 members (excludes halogenated alkanes) is 2. The molecule has 0 aliphatic heterocycles. The molecular formula is C9H19NO2+2. The summed E-state index contributed by atoms with van der Waals surface area (Å²) in [6.07, 6.45) is 3.70. The van der Waals surface area contributed by atoms with Crippen molar-refractivity contribution in [3.05, 3.63) is 0 Å². The second-order valence-electron chi connectivity index (χ2n) is 3.28. The summed E-state index contributed by atoms with van der Waals surface area (Å²) in [7, 11) is 4.26. The van der Waals surface area contributed by atoms with Gasteiger partial charge < -0.3 is 4.90 Å². The van der Waals surface area contributed by atoms with Gasteiger partial charge in [0, 0.05) is 4.79 Å². The van der Waals surface area contributed by atoms with E-state index in [1.54, 1.807) is 0 Å². The van der Waals surface area contributed by atoms with Gasteiger partial charge in [0.25, 0.3) is 0 Å². The second-order valence-corrected chi connectivity index (χ2v) is 3.28. The van der Waals surface area contributed by atoms with Crippen molar-refractivity contribution in [3.63, 3.8) is 0 Å². The first-order chi connectivity index (χ1) is 5.66. The van der Waals surface area contributed by atoms with E-state index in [1.807, 2.05) is 0 Å². The number of hydrogen-bond donors (Lipinski definition) is 1. The van der Waals surface area contributed by atoms with Crippen LogP contribution in [0.5, 0.6) is 0 Å². The summed E-state index contributed by atoms with van der Waals surface area (Å²) in [4.78, 5) is 12.1. The standard InChI is InChI=1S/C9H18NO2/c1-10(2)8-6-4-5-7-9(11)12-3/h3-8H2,1-2H3/q+1/p+1. The molecule has 0 aromatic carbocycles. The summed E-state index contributed by atoms with van der Waals surface area (Å²) >= 11 is 0. The van der Waals surface area contributed by atoms with Crippen molar-refractivity contribution in [3.8, 4) is 0 Å². The van der Waals surface area contributed by atoms with Gasteiger partial charge in [0.15, 0.2) is 6.79 Å². The van der Waals surface area contributed by atoms with Crippen LogP contribution in [0.25, 0.3) is 0 Å². The average molecular weight is 173 g/mol. The maximum Gasteiger partial charge on any atom is 0.579 e. The van der Waals surface area contributed by atoms with Crippen LogP contribution in [0, 0.1) is 0 Å². The van der Waals surface area contributed by atoms with Gasteiger partial charge in [-0.15, -0.1) is 0 Å². The van der Waals surface area contributed by atoms with E-state index in [4.69, 9.17) is 0 Å². The van der Waals surface area contributed by atoms with Crippen molar-refractivity contribution in [1.29, 1.82) is 0 Å². The van der Waals surface area contributed by atoms with Gasteiger partial charge in [0.05, 0.1) is 20.6 Å². The molecule has 1 N–H and O–H groups in total. The van der Waals surface area contributed by atoms with E-state index in [2.05, 4.69) is 25.3 Å². The fraction of sp³-hybridized carbons (Fsp3) is 0.778. The summed E-state index contributed by atoms with van der Waals surface area (Å²) in [5.74, 6) is -0.202. The minimum Gasteiger partial charge on any atom is -0.340 e. The molecule has 0 fully saturated rings. The molecular weight excluding hydrogens is 154 g/mol. The van der Waals surface area contributed by atoms with Crippen LogP contribution in [0.1, 0.15) is 25.7 Å². The van der Waals surface area contributed by atoms with E-state index >= 15 is 0 Å². The second kappa shape index (κ2) is 6.98. The maximum atomic E-state index is 10.6. The minimum atomic E-state index is -0.202. The Kier molecular flexibility index (Phi) is 6.57. The Hall–Kier alpha value is -0.700. The number of carbonyl (C=O) groups excluding carboxylic acids is 2. The molecule has 0 unspecified atom stereocenters. The van der Waals surface area contributed by atoms with Crippen LogP contribution in [0.3, 0.4) is 0 Å². The van der Waals surface area contributed by atoms with Crippen LogP contribution in [-0.4, -0.2) is 33.4 Å². The van der Waals surface area contributed by atoms with E-state index in [9.17, 15) is 4.79 Å². The third-order valence-corrected chi connectivity index (χ3v) is 1.72. The van der Waals surface area contributed by atoms with Gasteiger partial charge in [-0.2, -0.15) is 0 Å². The lowest BCUT2D eigenvalue weighted by Crippen LogP contribution is -3.05. The first kappa shape index (κ1) is 11.3. The smallest absolute Gasteiger partial charge is 0.340 e. The lowest BCUT2D eigenvalue weighted by molar-refractivity contribution is -0.858. The Morgan fingerprint density at radius 3 is 2.50 bits per heavy atom. The third-order valence-electron chi connectivity index (χ3n) is 1.72. The zero-order chi connectivity index (χ0) is 9.40. The van der Waals surface area contributed by atoms with Gasteiger partial charge in [0.1, 0.15) is 6.42 Å². The van der Waals surface area contributed by atoms with E-state index in [-0.39, 0.29) is 5.97 Å². The summed E-state index contributed by atoms with van der Waals surface area (Å²) < 4.78 is 4.28. The molecule has 0 spiro atoms. The molecule has 70 valence electrons. The molecule has 0 saturated heterocycles. The topological polar surface area (TPSA) is 32.8 Å². The van der Waals surface area contributed by atoms with Crippen molar-refractivity contribution in [2.75, 3.05) is 20.6 Å². The summed E-state index contributed by atoms with van der Waals surface area (Å²) in [6, 6.07) is 0. The molecule has 0 saturated carbocycles. The molecule has 0 radical (unpaired) electrons. The van der Waals surface area contributed by atoms with E-state index in [1.165, 1.54) is 17.9 Å². The predicted molar refractivity (Wildman–Crippen MR) is 48.3 cm³/mol. The van der Waals surface area contributed by atoms with Gasteiger partial charge in [-0.1, -0.05) is 0 Å². The number of hydrogen-bond acceptors (Lipinski definition) is 1. The molecule has 0 aromatic rings. The zero-order valence-electron chi connectivity index (χ0n) is 8.06. The van der Waals surface area contributed by atoms with Gasteiger partial charge in [-0.05, 0) is 19.3 Å². The third kappa shape index (κ3) is 7.41. The van der Waals surface area contributed by atoms with Gasteiger partial charge in [-0.3, -0.25) is 4.42 Å². The number of carbonyl (C=O) groups is 1. The van der Waals surface area contributed by atoms with Gasteiger partial charge >= 0.3 is 5.97 Å². The lowest BCUT2D eigenvalue weighted by atomic mass is 10.2. The normalized spacial score (nSPS) is 10.2. The molecule has 0 atom stereocenters. The number of nitrogens with one attached hydrogen (secondary N) is 1. The van der Waals surface area contributed by atoms with Crippen molar-refractivity contribution < 1.29 is 14.1 Å². The lowest BCUT2D eigenvalue weighted by Gasteiger charge is -2.04. The van der Waals surface area contributed by atoms with Crippen LogP contribution in [-0.2, 0) is 9.22 Å². The van der Waals surface area contributed by atoms with Crippen molar-refractivity contribution in [2.45, 2.75) is 25.7 Å². The highest BCUT2D eigenvalue weighted by Crippen LogP contribution is 1.97. The van der Waals surface area contributed by atoms with Crippen molar-refractivity contribution >= 4 is 12.8 Å². The monoisotopic (exact) mass is 173 g/mol. The van der Waals surface area contributed by atoms with Crippen LogP contribution in [0.15, 0.2) is 0 Å². The molecule has 0 amide bonds. The fourth-order valence-corrected chi connectivity index (χ4v) is 0.997. The highest BCUT2D eigenvalue weighted by Gasteiger charge is 2.09. The average Bonchev–Trinajstić information content (AvgIpc) is 2.03. The number of quaternary nitrogens is 1. The predicted octanol–water partition coefficient (Wildman–Crippen LogP) is -0.418. The minimum absolute atomic E-state index is 0.202. The molecule has 3 heteroatoms. The van der Waals surface area contributed by atoms with Crippen LogP contribution < -0.4 is 4.90 Å². The molecule has 0 bridgehead atoms. The van der Waals surface area contributed by atoms with E-state index < -0.39 is 0 Å². The SMILES string of the molecule is C=[O+]C(=O)CCCCC[NH+](C)C. The van der Waals surface area contributed by atoms with E-state index in [0.717, 1.165) is 12.8 Å². The molecule has 0 aliphatic carbocycles. The van der Waals surface area contributed by atoms with Gasteiger partial charge in [0.2, 0.25) is 0 Å². The van der Waals surface area contributed by atoms with Crippen LogP contribution >= 0.6 is 0 Å². The van der Waals surface area contributed by atoms with Crippen molar-refractivity contribution in [2.24, 2.45) is 0 Å². The van der Waals surface area contributed by atoms with Crippen LogP contribution in [0.4, 0.5) is 0 Å². The molecule has 0 aliphatic rings. The quantitative estimate of drug-likeness (QED) is 0.429. The first-order valence-electron chi connectivity index (χ1n) is 4.40. The Morgan fingerprint density at radius 2 is 2.00 bits per heavy atom. The molecule has 12 heavy (non-hydrogen) atoms. The Labute approximate surface area is 74.1 Å². The molecule has 0 rings (SSSR count). The van der Waals surface area contributed by atoms with Crippen molar-refractivity contribution in [1.82, 2.24) is 0 Å². The Bertz CT molecular complexity index is 143. The molecule has 0 aromatic heterocycles. The summed E-state index contributed by atoms with van der Waals surface area (Å²) in [6.45, 7) is 4.23. The maximum absolute atomic E-state index is 10.6. The highest BCUT2D eigenvalue weighted by molar-refractivity contribution is 5.66. The molecule has 3 nitrogen and oxygen atoms in total. The highest BCUT2D eigenvalue weighted by atomic mass is 16.4. The zero-order valence-corrected chi connectivity index (χ0v) is 8.06. The number of rotatable bonds is 6. The van der Waals surface area contributed by atoms with Crippen LogP contribution in [0.2, 0.25) is 0 Å². The Balaban J connectivity index is 3.11. The largest absolute Gasteiger partial charge is 0.579 e. The first-order valence-corrected chi connectivity index (χ1v) is 4.40. The Morgan fingerprint density at radius 1 is 1.33 bits per heavy atom. The fourth-order valence-electron chi connectivity index (χ4n) is 0.997. The summed E-state index contributed by atoms with van der Waals surface area (Å²) in [5, 5.41) is 0.